The smallest absolute Gasteiger partial charge is 0.435 e. The monoisotopic (exact) mass is 459 g/mol. The van der Waals surface area contributed by atoms with E-state index in [1.807, 2.05) is 0 Å². The molecule has 0 aliphatic heterocycles. The molecule has 0 saturated heterocycles. The molecule has 3 aromatic rings. The third-order valence-electron chi connectivity index (χ3n) is 4.49. The predicted octanol–water partition coefficient (Wildman–Crippen LogP) is 3.89. The normalized spacial score (nSPS) is 16.0. The number of nitrogens with one attached hydrogen (secondary N) is 1. The van der Waals surface area contributed by atoms with Crippen molar-refractivity contribution in [3.8, 4) is 11.6 Å². The van der Waals surface area contributed by atoms with E-state index in [-0.39, 0.29) is 39.4 Å². The van der Waals surface area contributed by atoms with Gasteiger partial charge < -0.3 is 9.73 Å². The molecular weight excluding hydrogens is 443 g/mol. The summed E-state index contributed by atoms with van der Waals surface area (Å²) in [5, 5.41) is 3.16. The highest BCUT2D eigenvalue weighted by atomic mass is 32.2. The van der Waals surface area contributed by atoms with Gasteiger partial charge in [-0.05, 0) is 43.2 Å². The van der Waals surface area contributed by atoms with Crippen LogP contribution in [0.4, 0.5) is 19.0 Å². The summed E-state index contributed by atoms with van der Waals surface area (Å²) in [5.74, 6) is 0.126. The maximum atomic E-state index is 12.8. The van der Waals surface area contributed by atoms with E-state index in [0.29, 0.717) is 5.82 Å². The first-order valence-electron chi connectivity index (χ1n) is 8.98. The molecule has 1 aliphatic rings. The summed E-state index contributed by atoms with van der Waals surface area (Å²) in [7, 11) is -6.89. The van der Waals surface area contributed by atoms with Crippen molar-refractivity contribution < 1.29 is 30.2 Å². The number of pyridine rings is 1. The summed E-state index contributed by atoms with van der Waals surface area (Å²) in [6.07, 6.45) is 1.96. The summed E-state index contributed by atoms with van der Waals surface area (Å²) in [6, 6.07) is 6.48. The summed E-state index contributed by atoms with van der Waals surface area (Å²) in [6.45, 7) is 1.49. The van der Waals surface area contributed by atoms with Gasteiger partial charge in [0.1, 0.15) is 17.0 Å². The SMILES string of the molecule is CCS(=O)(=O)c1ccc(NC2CC2)nc1-c1nc2cc(S(=O)C(F)(F)F)ccc2o1. The molecule has 1 atom stereocenters. The second kappa shape index (κ2) is 7.34. The first-order valence-corrected chi connectivity index (χ1v) is 11.8. The van der Waals surface area contributed by atoms with Gasteiger partial charge in [0.15, 0.2) is 26.2 Å². The number of fused-ring (bicyclic) bond motifs is 1. The Kier molecular flexibility index (Phi) is 5.09. The molecular formula is C18H16F3N3O4S2. The van der Waals surface area contributed by atoms with Crippen LogP contribution in [0.1, 0.15) is 19.8 Å². The number of halogens is 3. The van der Waals surface area contributed by atoms with E-state index in [0.717, 1.165) is 25.0 Å². The fourth-order valence-electron chi connectivity index (χ4n) is 2.78. The lowest BCUT2D eigenvalue weighted by Crippen LogP contribution is -2.16. The fourth-order valence-corrected chi connectivity index (χ4v) is 4.47. The largest absolute Gasteiger partial charge is 0.475 e. The zero-order valence-corrected chi connectivity index (χ0v) is 17.2. The molecule has 1 saturated carbocycles. The van der Waals surface area contributed by atoms with Gasteiger partial charge in [0.25, 0.3) is 0 Å². The van der Waals surface area contributed by atoms with E-state index in [1.165, 1.54) is 19.1 Å². The van der Waals surface area contributed by atoms with Crippen LogP contribution in [0.15, 0.2) is 44.5 Å². The Labute approximate surface area is 172 Å². The molecule has 0 bridgehead atoms. The van der Waals surface area contributed by atoms with Crippen molar-refractivity contribution in [1.29, 1.82) is 0 Å². The van der Waals surface area contributed by atoms with Crippen molar-refractivity contribution in [2.24, 2.45) is 0 Å². The third-order valence-corrected chi connectivity index (χ3v) is 7.35. The van der Waals surface area contributed by atoms with Gasteiger partial charge in [-0.25, -0.2) is 22.6 Å². The molecule has 1 aromatic carbocycles. The van der Waals surface area contributed by atoms with Gasteiger partial charge in [0.2, 0.25) is 5.89 Å². The molecule has 30 heavy (non-hydrogen) atoms. The zero-order valence-electron chi connectivity index (χ0n) is 15.6. The maximum absolute atomic E-state index is 12.8. The molecule has 7 nitrogen and oxygen atoms in total. The molecule has 160 valence electrons. The highest BCUT2D eigenvalue weighted by Gasteiger charge is 2.38. The van der Waals surface area contributed by atoms with Crippen LogP contribution in [0.3, 0.4) is 0 Å². The summed E-state index contributed by atoms with van der Waals surface area (Å²) >= 11 is 0. The molecule has 1 unspecified atom stereocenters. The quantitative estimate of drug-likeness (QED) is 0.597. The molecule has 0 amide bonds. The second-order valence-corrected chi connectivity index (χ2v) is 10.4. The average molecular weight is 459 g/mol. The van der Waals surface area contributed by atoms with Gasteiger partial charge in [-0.3, -0.25) is 0 Å². The summed E-state index contributed by atoms with van der Waals surface area (Å²) in [5.41, 5.74) is -4.80. The highest BCUT2D eigenvalue weighted by Crippen LogP contribution is 2.33. The lowest BCUT2D eigenvalue weighted by Gasteiger charge is -2.09. The number of oxazole rings is 1. The van der Waals surface area contributed by atoms with Crippen LogP contribution >= 0.6 is 0 Å². The minimum absolute atomic E-state index is 0.0160. The number of rotatable bonds is 6. The van der Waals surface area contributed by atoms with Crippen molar-refractivity contribution in [1.82, 2.24) is 9.97 Å². The molecule has 1 aliphatic carbocycles. The molecule has 2 heterocycles. The Morgan fingerprint density at radius 1 is 1.20 bits per heavy atom. The molecule has 0 spiro atoms. The van der Waals surface area contributed by atoms with E-state index in [9.17, 15) is 25.8 Å². The van der Waals surface area contributed by atoms with Crippen LogP contribution < -0.4 is 5.32 Å². The molecule has 1 fully saturated rings. The Bertz CT molecular complexity index is 1250. The first kappa shape index (κ1) is 20.8. The van der Waals surface area contributed by atoms with E-state index < -0.39 is 31.0 Å². The number of benzene rings is 1. The van der Waals surface area contributed by atoms with Gasteiger partial charge in [-0.2, -0.15) is 13.2 Å². The van der Waals surface area contributed by atoms with Gasteiger partial charge in [-0.1, -0.05) is 6.92 Å². The molecule has 0 radical (unpaired) electrons. The number of nitrogens with zero attached hydrogens (tertiary/aromatic N) is 2. The van der Waals surface area contributed by atoms with Crippen molar-refractivity contribution in [2.75, 3.05) is 11.1 Å². The van der Waals surface area contributed by atoms with Crippen molar-refractivity contribution in [2.45, 2.75) is 41.1 Å². The summed E-state index contributed by atoms with van der Waals surface area (Å²) < 4.78 is 80.5. The minimum Gasteiger partial charge on any atom is -0.435 e. The van der Waals surface area contributed by atoms with Crippen molar-refractivity contribution >= 4 is 37.6 Å². The third kappa shape index (κ3) is 4.06. The van der Waals surface area contributed by atoms with E-state index in [2.05, 4.69) is 15.3 Å². The average Bonchev–Trinajstić information content (AvgIpc) is 3.40. The van der Waals surface area contributed by atoms with Crippen LogP contribution in [0.2, 0.25) is 0 Å². The Morgan fingerprint density at radius 3 is 2.57 bits per heavy atom. The molecule has 2 aromatic heterocycles. The van der Waals surface area contributed by atoms with Crippen LogP contribution in [-0.2, 0) is 20.6 Å². The lowest BCUT2D eigenvalue weighted by atomic mass is 10.3. The van der Waals surface area contributed by atoms with Crippen LogP contribution in [0.25, 0.3) is 22.7 Å². The molecule has 1 N–H and O–H groups in total. The first-order chi connectivity index (χ1) is 14.1. The number of anilines is 1. The van der Waals surface area contributed by atoms with Crippen LogP contribution in [-0.4, -0.2) is 39.9 Å². The van der Waals surface area contributed by atoms with E-state index >= 15 is 0 Å². The highest BCUT2D eigenvalue weighted by molar-refractivity contribution is 7.91. The van der Waals surface area contributed by atoms with Crippen LogP contribution in [0, 0.1) is 0 Å². The van der Waals surface area contributed by atoms with Crippen LogP contribution in [0.5, 0.6) is 0 Å². The Hall–Kier alpha value is -2.47. The zero-order chi connectivity index (χ0) is 21.7. The van der Waals surface area contributed by atoms with E-state index in [4.69, 9.17) is 4.42 Å². The number of aromatic nitrogens is 2. The standard InChI is InChI=1S/C18H16F3N3O4S2/c1-2-30(26,27)14-7-8-15(22-10-3-4-10)24-16(14)17-23-12-9-11(5-6-13(12)28-17)29(25)18(19,20)21/h5-10H,2-4H2,1H3,(H,22,24). The van der Waals surface area contributed by atoms with E-state index in [1.54, 1.807) is 6.07 Å². The second-order valence-electron chi connectivity index (χ2n) is 6.73. The van der Waals surface area contributed by atoms with Gasteiger partial charge >= 0.3 is 5.51 Å². The Balaban J connectivity index is 1.82. The lowest BCUT2D eigenvalue weighted by molar-refractivity contribution is -0.0384. The number of sulfone groups is 1. The fraction of sp³-hybridized carbons (Fsp3) is 0.333. The Morgan fingerprint density at radius 2 is 1.93 bits per heavy atom. The summed E-state index contributed by atoms with van der Waals surface area (Å²) in [4.78, 5) is 7.91. The maximum Gasteiger partial charge on any atom is 0.475 e. The topological polar surface area (TPSA) is 102 Å². The van der Waals surface area contributed by atoms with Gasteiger partial charge in [0, 0.05) is 6.04 Å². The van der Waals surface area contributed by atoms with Gasteiger partial charge in [-0.15, -0.1) is 0 Å². The van der Waals surface area contributed by atoms with Gasteiger partial charge in [0.05, 0.1) is 15.5 Å². The molecule has 12 heteroatoms. The number of hydrogen-bond acceptors (Lipinski definition) is 7. The number of hydrogen-bond donors (Lipinski definition) is 1. The number of alkyl halides is 3. The minimum atomic E-state index is -4.91. The van der Waals surface area contributed by atoms with Crippen molar-refractivity contribution in [3.63, 3.8) is 0 Å². The predicted molar refractivity (Wildman–Crippen MR) is 104 cm³/mol. The van der Waals surface area contributed by atoms with Crippen molar-refractivity contribution in [3.05, 3.63) is 30.3 Å². The molecule has 4 rings (SSSR count).